The number of rotatable bonds is 7. The van der Waals surface area contributed by atoms with Gasteiger partial charge < -0.3 is 5.11 Å². The van der Waals surface area contributed by atoms with Crippen molar-refractivity contribution >= 4 is 11.6 Å². The van der Waals surface area contributed by atoms with E-state index >= 15 is 0 Å². The van der Waals surface area contributed by atoms with E-state index < -0.39 is 6.10 Å². The van der Waals surface area contributed by atoms with Crippen LogP contribution in [-0.2, 0) is 9.59 Å². The molecule has 3 nitrogen and oxygen atoms in total. The molecule has 0 spiro atoms. The summed E-state index contributed by atoms with van der Waals surface area (Å²) in [7, 11) is 0. The van der Waals surface area contributed by atoms with Crippen LogP contribution < -0.4 is 0 Å². The SMILES string of the molecule is C=CC(O)CC(=O)CC(=O)CCC(C)(C)C. The van der Waals surface area contributed by atoms with E-state index in [9.17, 15) is 9.59 Å². The van der Waals surface area contributed by atoms with Gasteiger partial charge in [-0.25, -0.2) is 0 Å². The second-order valence-corrected chi connectivity index (χ2v) is 5.32. The molecule has 3 heteroatoms. The molecule has 0 rings (SSSR count). The minimum Gasteiger partial charge on any atom is -0.389 e. The lowest BCUT2D eigenvalue weighted by molar-refractivity contribution is -0.127. The fraction of sp³-hybridized carbons (Fsp3) is 0.692. The molecule has 0 bridgehead atoms. The molecule has 0 aliphatic rings. The molecule has 0 fully saturated rings. The Morgan fingerprint density at radius 3 is 2.31 bits per heavy atom. The average molecular weight is 226 g/mol. The van der Waals surface area contributed by atoms with Gasteiger partial charge in [0.25, 0.3) is 0 Å². The molecule has 0 amide bonds. The summed E-state index contributed by atoms with van der Waals surface area (Å²) < 4.78 is 0. The van der Waals surface area contributed by atoms with E-state index in [4.69, 9.17) is 5.11 Å². The third-order valence-corrected chi connectivity index (χ3v) is 2.26. The lowest BCUT2D eigenvalue weighted by atomic mass is 9.89. The highest BCUT2D eigenvalue weighted by atomic mass is 16.3. The van der Waals surface area contributed by atoms with Gasteiger partial charge in [-0.1, -0.05) is 26.8 Å². The first-order valence-electron chi connectivity index (χ1n) is 5.58. The fourth-order valence-electron chi connectivity index (χ4n) is 1.21. The smallest absolute Gasteiger partial charge is 0.143 e. The van der Waals surface area contributed by atoms with Gasteiger partial charge in [-0.05, 0) is 11.8 Å². The average Bonchev–Trinajstić information content (AvgIpc) is 2.13. The Bertz CT molecular complexity index is 261. The number of carbonyl (C=O) groups excluding carboxylic acids is 2. The summed E-state index contributed by atoms with van der Waals surface area (Å²) in [5, 5.41) is 9.15. The van der Waals surface area contributed by atoms with Crippen molar-refractivity contribution in [3.8, 4) is 0 Å². The van der Waals surface area contributed by atoms with E-state index in [1.165, 1.54) is 6.08 Å². The quantitative estimate of drug-likeness (QED) is 0.535. The maximum atomic E-state index is 11.4. The topological polar surface area (TPSA) is 54.4 Å². The van der Waals surface area contributed by atoms with Crippen LogP contribution in [-0.4, -0.2) is 22.8 Å². The Labute approximate surface area is 97.5 Å². The molecule has 1 N–H and O–H groups in total. The van der Waals surface area contributed by atoms with Crippen molar-refractivity contribution in [3.05, 3.63) is 12.7 Å². The number of Topliss-reactive ketones (excluding diaryl/α,β-unsaturated/α-hetero) is 2. The Hall–Kier alpha value is -0.960. The third-order valence-electron chi connectivity index (χ3n) is 2.26. The highest BCUT2D eigenvalue weighted by Crippen LogP contribution is 2.21. The van der Waals surface area contributed by atoms with Crippen molar-refractivity contribution in [1.82, 2.24) is 0 Å². The molecule has 0 saturated carbocycles. The molecule has 0 aromatic rings. The maximum Gasteiger partial charge on any atom is 0.143 e. The first kappa shape index (κ1) is 15.0. The summed E-state index contributed by atoms with van der Waals surface area (Å²) in [5.41, 5.74) is 0.110. The van der Waals surface area contributed by atoms with Crippen LogP contribution in [0.5, 0.6) is 0 Å². The van der Waals surface area contributed by atoms with Gasteiger partial charge in [-0.15, -0.1) is 6.58 Å². The van der Waals surface area contributed by atoms with Crippen LogP contribution >= 0.6 is 0 Å². The molecule has 0 radical (unpaired) electrons. The van der Waals surface area contributed by atoms with E-state index in [1.54, 1.807) is 0 Å². The Balaban J connectivity index is 3.88. The summed E-state index contributed by atoms with van der Waals surface area (Å²) >= 11 is 0. The van der Waals surface area contributed by atoms with Crippen LogP contribution in [0.25, 0.3) is 0 Å². The molecule has 0 heterocycles. The predicted molar refractivity (Wildman–Crippen MR) is 64.1 cm³/mol. The van der Waals surface area contributed by atoms with Crippen LogP contribution in [0.3, 0.4) is 0 Å². The maximum absolute atomic E-state index is 11.4. The van der Waals surface area contributed by atoms with Gasteiger partial charge in [0.1, 0.15) is 11.6 Å². The van der Waals surface area contributed by atoms with Crippen LogP contribution in [0.1, 0.15) is 46.5 Å². The summed E-state index contributed by atoms with van der Waals surface area (Å²) in [6.07, 6.45) is 1.61. The first-order valence-corrected chi connectivity index (χ1v) is 5.58. The molecule has 1 unspecified atom stereocenters. The Morgan fingerprint density at radius 1 is 1.31 bits per heavy atom. The van der Waals surface area contributed by atoms with Gasteiger partial charge in [0.2, 0.25) is 0 Å². The molecule has 0 saturated heterocycles. The number of carbonyl (C=O) groups is 2. The highest BCUT2D eigenvalue weighted by molar-refractivity contribution is 5.99. The first-order chi connectivity index (χ1) is 7.24. The van der Waals surface area contributed by atoms with E-state index in [2.05, 4.69) is 27.4 Å². The number of hydrogen-bond acceptors (Lipinski definition) is 3. The molecule has 0 aliphatic carbocycles. The molecule has 1 atom stereocenters. The van der Waals surface area contributed by atoms with Crippen molar-refractivity contribution in [1.29, 1.82) is 0 Å². The van der Waals surface area contributed by atoms with Gasteiger partial charge >= 0.3 is 0 Å². The standard InChI is InChI=1S/C13H22O3/c1-5-10(14)8-12(16)9-11(15)6-7-13(2,3)4/h5,10,14H,1,6-9H2,2-4H3. The molecular formula is C13H22O3. The number of ketones is 2. The lowest BCUT2D eigenvalue weighted by Crippen LogP contribution is -2.16. The highest BCUT2D eigenvalue weighted by Gasteiger charge is 2.16. The molecule has 0 aliphatic heterocycles. The van der Waals surface area contributed by atoms with Crippen molar-refractivity contribution in [2.75, 3.05) is 0 Å². The molecule has 0 aromatic heterocycles. The van der Waals surface area contributed by atoms with Crippen molar-refractivity contribution in [3.63, 3.8) is 0 Å². The van der Waals surface area contributed by atoms with E-state index in [0.717, 1.165) is 6.42 Å². The summed E-state index contributed by atoms with van der Waals surface area (Å²) in [6.45, 7) is 9.55. The lowest BCUT2D eigenvalue weighted by Gasteiger charge is -2.16. The summed E-state index contributed by atoms with van der Waals surface area (Å²) in [6, 6.07) is 0. The summed E-state index contributed by atoms with van der Waals surface area (Å²) in [5.74, 6) is -0.262. The third kappa shape index (κ3) is 8.36. The monoisotopic (exact) mass is 226 g/mol. The second-order valence-electron chi connectivity index (χ2n) is 5.32. The molecule has 0 aromatic carbocycles. The predicted octanol–water partition coefficient (Wildman–Crippen LogP) is 2.28. The van der Waals surface area contributed by atoms with E-state index in [1.807, 2.05) is 0 Å². The normalized spacial score (nSPS) is 13.2. The Morgan fingerprint density at radius 2 is 1.88 bits per heavy atom. The van der Waals surface area contributed by atoms with Crippen LogP contribution in [0.4, 0.5) is 0 Å². The fourth-order valence-corrected chi connectivity index (χ4v) is 1.21. The van der Waals surface area contributed by atoms with E-state index in [0.29, 0.717) is 6.42 Å². The van der Waals surface area contributed by atoms with Gasteiger partial charge in [0.05, 0.1) is 12.5 Å². The zero-order chi connectivity index (χ0) is 12.8. The number of hydrogen-bond donors (Lipinski definition) is 1. The minimum absolute atomic E-state index is 0.00917. The van der Waals surface area contributed by atoms with E-state index in [-0.39, 0.29) is 29.8 Å². The van der Waals surface area contributed by atoms with Gasteiger partial charge in [0.15, 0.2) is 0 Å². The molecule has 16 heavy (non-hydrogen) atoms. The molecular weight excluding hydrogens is 204 g/mol. The van der Waals surface area contributed by atoms with Crippen molar-refractivity contribution < 1.29 is 14.7 Å². The number of aliphatic hydroxyl groups is 1. The summed E-state index contributed by atoms with van der Waals surface area (Å²) in [4.78, 5) is 22.8. The van der Waals surface area contributed by atoms with Crippen LogP contribution in [0.2, 0.25) is 0 Å². The van der Waals surface area contributed by atoms with Gasteiger partial charge in [-0.3, -0.25) is 9.59 Å². The number of aliphatic hydroxyl groups excluding tert-OH is 1. The largest absolute Gasteiger partial charge is 0.389 e. The van der Waals surface area contributed by atoms with Crippen molar-refractivity contribution in [2.45, 2.75) is 52.6 Å². The second kappa shape index (κ2) is 6.59. The molecule has 92 valence electrons. The van der Waals surface area contributed by atoms with Gasteiger partial charge in [0, 0.05) is 12.8 Å². The van der Waals surface area contributed by atoms with Crippen LogP contribution in [0.15, 0.2) is 12.7 Å². The van der Waals surface area contributed by atoms with Crippen LogP contribution in [0, 0.1) is 5.41 Å². The Kier molecular flexibility index (Phi) is 6.19. The minimum atomic E-state index is -0.831. The van der Waals surface area contributed by atoms with Crippen molar-refractivity contribution in [2.24, 2.45) is 5.41 Å². The van der Waals surface area contributed by atoms with Gasteiger partial charge in [-0.2, -0.15) is 0 Å². The zero-order valence-electron chi connectivity index (χ0n) is 10.5. The zero-order valence-corrected chi connectivity index (χ0v) is 10.5.